The van der Waals surface area contributed by atoms with E-state index in [1.165, 1.54) is 15.6 Å². The summed E-state index contributed by atoms with van der Waals surface area (Å²) in [6, 6.07) is 1.95. The molecule has 19 heavy (non-hydrogen) atoms. The second-order valence-corrected chi connectivity index (χ2v) is 4.35. The van der Waals surface area contributed by atoms with E-state index in [9.17, 15) is 4.79 Å². The Kier molecular flexibility index (Phi) is 3.27. The first-order chi connectivity index (χ1) is 8.95. The Balaban J connectivity index is 2.34. The molecule has 0 spiro atoms. The molecule has 0 saturated heterocycles. The Bertz CT molecular complexity index is 693. The lowest BCUT2D eigenvalue weighted by molar-refractivity contribution is 0.102. The number of aryl methyl sites for hydroxylation is 2. The highest BCUT2D eigenvalue weighted by atomic mass is 35.5. The number of halogens is 1. The van der Waals surface area contributed by atoms with Gasteiger partial charge >= 0.3 is 0 Å². The molecular weight excluding hydrogens is 268 g/mol. The van der Waals surface area contributed by atoms with Crippen molar-refractivity contribution in [2.45, 2.75) is 6.92 Å². The minimum absolute atomic E-state index is 0.117. The molecule has 0 saturated carbocycles. The number of nitriles is 1. The first-order valence-electron chi connectivity index (χ1n) is 5.38. The van der Waals surface area contributed by atoms with Crippen LogP contribution in [-0.2, 0) is 14.1 Å². The average molecular weight is 279 g/mol. The Morgan fingerprint density at radius 3 is 2.68 bits per heavy atom. The van der Waals surface area contributed by atoms with Crippen LogP contribution in [0.4, 0.5) is 5.82 Å². The Morgan fingerprint density at radius 1 is 1.47 bits per heavy atom. The molecule has 0 fully saturated rings. The number of rotatable bonds is 2. The first kappa shape index (κ1) is 13.1. The van der Waals surface area contributed by atoms with Crippen LogP contribution in [0.25, 0.3) is 0 Å². The predicted molar refractivity (Wildman–Crippen MR) is 68.8 cm³/mol. The molecule has 1 N–H and O–H groups in total. The zero-order valence-electron chi connectivity index (χ0n) is 10.6. The Labute approximate surface area is 114 Å². The fourth-order valence-corrected chi connectivity index (χ4v) is 1.81. The lowest BCUT2D eigenvalue weighted by Crippen LogP contribution is -2.16. The molecule has 0 bridgehead atoms. The minimum atomic E-state index is -0.478. The van der Waals surface area contributed by atoms with Gasteiger partial charge in [-0.05, 0) is 6.92 Å². The molecular formula is C11H11ClN6O. The van der Waals surface area contributed by atoms with Crippen molar-refractivity contribution in [2.24, 2.45) is 14.1 Å². The maximum atomic E-state index is 12.1. The van der Waals surface area contributed by atoms with Crippen LogP contribution in [0, 0.1) is 18.3 Å². The third kappa shape index (κ3) is 2.18. The monoisotopic (exact) mass is 278 g/mol. The fraction of sp³-hybridized carbons (Fsp3) is 0.273. The van der Waals surface area contributed by atoms with Gasteiger partial charge in [0, 0.05) is 14.1 Å². The Morgan fingerprint density at radius 2 is 2.16 bits per heavy atom. The Hall–Kier alpha value is -2.33. The smallest absolute Gasteiger partial charge is 0.278 e. The normalized spacial score (nSPS) is 10.3. The number of nitrogens with one attached hydrogen (secondary N) is 1. The average Bonchev–Trinajstić information content (AvgIpc) is 2.85. The van der Waals surface area contributed by atoms with Crippen LogP contribution >= 0.6 is 11.6 Å². The van der Waals surface area contributed by atoms with E-state index < -0.39 is 5.91 Å². The largest absolute Gasteiger partial charge is 0.304 e. The highest BCUT2D eigenvalue weighted by Gasteiger charge is 2.20. The summed E-state index contributed by atoms with van der Waals surface area (Å²) in [5, 5.41) is 19.7. The van der Waals surface area contributed by atoms with Crippen LogP contribution in [-0.4, -0.2) is 25.5 Å². The molecule has 2 rings (SSSR count). The van der Waals surface area contributed by atoms with Crippen LogP contribution in [0.1, 0.15) is 21.7 Å². The van der Waals surface area contributed by atoms with Crippen LogP contribution < -0.4 is 5.32 Å². The number of amides is 1. The zero-order chi connectivity index (χ0) is 14.2. The second-order valence-electron chi connectivity index (χ2n) is 3.97. The predicted octanol–water partition coefficient (Wildman–Crippen LogP) is 1.24. The summed E-state index contributed by atoms with van der Waals surface area (Å²) in [5.74, 6) is -0.166. The summed E-state index contributed by atoms with van der Waals surface area (Å²) in [7, 11) is 3.32. The van der Waals surface area contributed by atoms with Crippen LogP contribution in [0.3, 0.4) is 0 Å². The lowest BCUT2D eigenvalue weighted by Gasteiger charge is -2.04. The van der Waals surface area contributed by atoms with E-state index in [1.54, 1.807) is 21.0 Å². The van der Waals surface area contributed by atoms with E-state index >= 15 is 0 Å². The number of hydrogen-bond acceptors (Lipinski definition) is 4. The van der Waals surface area contributed by atoms with Gasteiger partial charge in [0.15, 0.2) is 5.69 Å². The van der Waals surface area contributed by atoms with E-state index in [4.69, 9.17) is 16.9 Å². The van der Waals surface area contributed by atoms with E-state index in [-0.39, 0.29) is 11.3 Å². The molecule has 1 amide bonds. The van der Waals surface area contributed by atoms with Crippen molar-refractivity contribution in [3.8, 4) is 6.07 Å². The molecule has 2 aromatic rings. The van der Waals surface area contributed by atoms with Gasteiger partial charge in [-0.15, -0.1) is 0 Å². The summed E-state index contributed by atoms with van der Waals surface area (Å²) >= 11 is 6.03. The molecule has 2 heterocycles. The minimum Gasteiger partial charge on any atom is -0.304 e. The van der Waals surface area contributed by atoms with E-state index in [0.29, 0.717) is 16.5 Å². The number of carbonyl (C=O) groups excluding carboxylic acids is 1. The van der Waals surface area contributed by atoms with Gasteiger partial charge in [0.05, 0.1) is 16.9 Å². The van der Waals surface area contributed by atoms with E-state index in [1.807, 2.05) is 6.07 Å². The second kappa shape index (κ2) is 4.74. The van der Waals surface area contributed by atoms with Crippen molar-refractivity contribution in [1.82, 2.24) is 19.6 Å². The first-order valence-corrected chi connectivity index (χ1v) is 5.76. The van der Waals surface area contributed by atoms with Gasteiger partial charge in [0.1, 0.15) is 17.5 Å². The number of carbonyl (C=O) groups is 1. The van der Waals surface area contributed by atoms with Crippen LogP contribution in [0.15, 0.2) is 6.20 Å². The van der Waals surface area contributed by atoms with Crippen molar-refractivity contribution < 1.29 is 4.79 Å². The van der Waals surface area contributed by atoms with Gasteiger partial charge in [-0.25, -0.2) is 0 Å². The maximum absolute atomic E-state index is 12.1. The molecule has 0 atom stereocenters. The van der Waals surface area contributed by atoms with Crippen molar-refractivity contribution in [3.05, 3.63) is 28.2 Å². The quantitative estimate of drug-likeness (QED) is 0.895. The zero-order valence-corrected chi connectivity index (χ0v) is 11.4. The topological polar surface area (TPSA) is 88.5 Å². The molecule has 98 valence electrons. The highest BCUT2D eigenvalue weighted by molar-refractivity contribution is 6.34. The molecule has 0 aromatic carbocycles. The molecule has 0 aliphatic carbocycles. The molecule has 2 aromatic heterocycles. The van der Waals surface area contributed by atoms with E-state index in [2.05, 4.69) is 15.5 Å². The van der Waals surface area contributed by atoms with Gasteiger partial charge in [0.2, 0.25) is 0 Å². The van der Waals surface area contributed by atoms with Crippen molar-refractivity contribution in [2.75, 3.05) is 5.32 Å². The van der Waals surface area contributed by atoms with E-state index in [0.717, 1.165) is 0 Å². The third-order valence-electron chi connectivity index (χ3n) is 2.77. The molecule has 7 nitrogen and oxygen atoms in total. The molecule has 0 aliphatic heterocycles. The summed E-state index contributed by atoms with van der Waals surface area (Å²) < 4.78 is 2.92. The number of nitrogens with zero attached hydrogens (tertiary/aromatic N) is 5. The fourth-order valence-electron chi connectivity index (χ4n) is 1.56. The van der Waals surface area contributed by atoms with Crippen LogP contribution in [0.2, 0.25) is 5.02 Å². The van der Waals surface area contributed by atoms with Gasteiger partial charge in [-0.2, -0.15) is 15.5 Å². The molecule has 0 unspecified atom stereocenters. The molecule has 8 heteroatoms. The SMILES string of the molecule is Cc1c(Cl)c(C(=O)Nc2c(C#N)cnn2C)nn1C. The van der Waals surface area contributed by atoms with Gasteiger partial charge in [-0.3, -0.25) is 14.2 Å². The van der Waals surface area contributed by atoms with Gasteiger partial charge in [0.25, 0.3) is 5.91 Å². The summed E-state index contributed by atoms with van der Waals surface area (Å²) in [6.45, 7) is 1.76. The summed E-state index contributed by atoms with van der Waals surface area (Å²) in [4.78, 5) is 12.1. The van der Waals surface area contributed by atoms with Crippen molar-refractivity contribution >= 4 is 23.3 Å². The number of anilines is 1. The highest BCUT2D eigenvalue weighted by Crippen LogP contribution is 2.21. The third-order valence-corrected chi connectivity index (χ3v) is 3.22. The number of hydrogen-bond donors (Lipinski definition) is 1. The standard InChI is InChI=1S/C11H11ClN6O/c1-6-8(12)9(16-17(6)2)11(19)15-10-7(4-13)5-14-18(10)3/h5H,1-3H3,(H,15,19). The summed E-state index contributed by atoms with van der Waals surface area (Å²) in [5.41, 5.74) is 1.09. The van der Waals surface area contributed by atoms with Gasteiger partial charge < -0.3 is 5.32 Å². The van der Waals surface area contributed by atoms with Crippen molar-refractivity contribution in [3.63, 3.8) is 0 Å². The molecule has 0 radical (unpaired) electrons. The number of aromatic nitrogens is 4. The van der Waals surface area contributed by atoms with Crippen LogP contribution in [0.5, 0.6) is 0 Å². The van der Waals surface area contributed by atoms with Gasteiger partial charge in [-0.1, -0.05) is 11.6 Å². The summed E-state index contributed by atoms with van der Waals surface area (Å²) in [6.07, 6.45) is 1.38. The molecule has 0 aliphatic rings. The van der Waals surface area contributed by atoms with Crippen molar-refractivity contribution in [1.29, 1.82) is 5.26 Å². The maximum Gasteiger partial charge on any atom is 0.278 e. The lowest BCUT2D eigenvalue weighted by atomic mass is 10.3.